The number of rotatable bonds is 17. The fraction of sp³-hybridized carbons (Fsp3) is 1.00. The van der Waals surface area contributed by atoms with Gasteiger partial charge in [-0.05, 0) is 12.8 Å². The standard InChI is InChI=1S/C16H34O10P2S2/c1-7-15(3,25-13-29(19,20)23-5)27(17)11-9-10-12-28(18)16(4,8-2)26-14-30(21,22)24-6/h7-14H2,1-6H3/q+2. The Morgan fingerprint density at radius 3 is 1.23 bits per heavy atom. The molecule has 0 aromatic carbocycles. The van der Waals surface area contributed by atoms with Gasteiger partial charge in [-0.1, -0.05) is 23.0 Å². The molecule has 0 aliphatic carbocycles. The van der Waals surface area contributed by atoms with Gasteiger partial charge in [-0.25, -0.2) is 0 Å². The molecule has 0 bridgehead atoms. The summed E-state index contributed by atoms with van der Waals surface area (Å²) in [7, 11) is -9.36. The van der Waals surface area contributed by atoms with Crippen LogP contribution in [0.15, 0.2) is 0 Å². The van der Waals surface area contributed by atoms with Crippen molar-refractivity contribution in [3.8, 4) is 0 Å². The van der Waals surface area contributed by atoms with Crippen LogP contribution in [-0.2, 0) is 47.2 Å². The first-order chi connectivity index (χ1) is 13.7. The maximum atomic E-state index is 12.7. The van der Waals surface area contributed by atoms with Gasteiger partial charge in [0.05, 0.1) is 14.2 Å². The second-order valence-electron chi connectivity index (χ2n) is 6.94. The minimum atomic E-state index is -3.83. The van der Waals surface area contributed by atoms with Gasteiger partial charge in [0.25, 0.3) is 30.9 Å². The van der Waals surface area contributed by atoms with E-state index in [0.29, 0.717) is 25.7 Å². The molecule has 0 aromatic rings. The molecular formula is C16H34O10P2S2+2. The Kier molecular flexibility index (Phi) is 12.8. The first kappa shape index (κ1) is 29.9. The summed E-state index contributed by atoms with van der Waals surface area (Å²) in [6.45, 7) is 6.69. The van der Waals surface area contributed by atoms with E-state index < -0.39 is 58.4 Å². The highest BCUT2D eigenvalue weighted by atomic mass is 32.2. The van der Waals surface area contributed by atoms with Gasteiger partial charge in [-0.3, -0.25) is 8.37 Å². The average Bonchev–Trinajstić information content (AvgIpc) is 2.72. The molecule has 14 heteroatoms. The van der Waals surface area contributed by atoms with Crippen molar-refractivity contribution in [2.24, 2.45) is 0 Å². The fourth-order valence-corrected chi connectivity index (χ4v) is 6.45. The van der Waals surface area contributed by atoms with E-state index in [1.165, 1.54) is 0 Å². The molecule has 4 unspecified atom stereocenters. The van der Waals surface area contributed by atoms with Crippen molar-refractivity contribution < 1.29 is 43.8 Å². The molecule has 30 heavy (non-hydrogen) atoms. The number of hydrogen-bond donors (Lipinski definition) is 0. The zero-order chi connectivity index (χ0) is 23.6. The molecule has 0 heterocycles. The van der Waals surface area contributed by atoms with Gasteiger partial charge in [0.2, 0.25) is 0 Å². The van der Waals surface area contributed by atoms with Gasteiger partial charge in [-0.15, -0.1) is 0 Å². The minimum absolute atomic E-state index is 0.275. The molecule has 0 amide bonds. The Balaban J connectivity index is 4.69. The lowest BCUT2D eigenvalue weighted by atomic mass is 10.3. The second kappa shape index (κ2) is 12.8. The van der Waals surface area contributed by atoms with Crippen molar-refractivity contribution in [3.05, 3.63) is 0 Å². The lowest BCUT2D eigenvalue weighted by molar-refractivity contribution is 0.0555. The van der Waals surface area contributed by atoms with E-state index >= 15 is 0 Å². The zero-order valence-corrected chi connectivity index (χ0v) is 21.9. The minimum Gasteiger partial charge on any atom is -0.314 e. The number of ether oxygens (including phenoxy) is 2. The monoisotopic (exact) mass is 512 g/mol. The Bertz CT molecular complexity index is 718. The van der Waals surface area contributed by atoms with E-state index in [2.05, 4.69) is 8.37 Å². The predicted molar refractivity (Wildman–Crippen MR) is 115 cm³/mol. The molecular weight excluding hydrogens is 478 g/mol. The Morgan fingerprint density at radius 2 is 1.00 bits per heavy atom. The van der Waals surface area contributed by atoms with Crippen LogP contribution in [0.1, 0.15) is 53.4 Å². The fourth-order valence-electron chi connectivity index (χ4n) is 2.18. The third-order valence-electron chi connectivity index (χ3n) is 4.88. The highest BCUT2D eigenvalue weighted by Gasteiger charge is 2.46. The van der Waals surface area contributed by atoms with Crippen molar-refractivity contribution in [3.63, 3.8) is 0 Å². The first-order valence-electron chi connectivity index (χ1n) is 9.45. The molecule has 0 fully saturated rings. The molecule has 0 rings (SSSR count). The van der Waals surface area contributed by atoms with E-state index in [4.69, 9.17) is 9.47 Å². The maximum Gasteiger partial charge on any atom is 0.373 e. The van der Waals surface area contributed by atoms with Crippen LogP contribution in [0.4, 0.5) is 0 Å². The van der Waals surface area contributed by atoms with E-state index in [9.17, 15) is 26.0 Å². The van der Waals surface area contributed by atoms with Gasteiger partial charge < -0.3 is 9.47 Å². The molecule has 0 aliphatic heterocycles. The van der Waals surface area contributed by atoms with Crippen LogP contribution in [0.3, 0.4) is 0 Å². The molecule has 178 valence electrons. The lowest BCUT2D eigenvalue weighted by Gasteiger charge is -2.18. The largest absolute Gasteiger partial charge is 0.373 e. The van der Waals surface area contributed by atoms with Crippen LogP contribution in [0.25, 0.3) is 0 Å². The summed E-state index contributed by atoms with van der Waals surface area (Å²) in [5.74, 6) is -1.37. The third kappa shape index (κ3) is 10.0. The molecule has 10 nitrogen and oxygen atoms in total. The molecule has 0 saturated heterocycles. The van der Waals surface area contributed by atoms with E-state index in [-0.39, 0.29) is 12.3 Å². The Morgan fingerprint density at radius 1 is 0.700 bits per heavy atom. The van der Waals surface area contributed by atoms with Crippen LogP contribution < -0.4 is 0 Å². The molecule has 0 radical (unpaired) electrons. The quantitative estimate of drug-likeness (QED) is 0.161. The maximum absolute atomic E-state index is 12.7. The normalized spacial score (nSPS) is 17.8. The summed E-state index contributed by atoms with van der Waals surface area (Å²) in [4.78, 5) is 0. The SMILES string of the molecule is CCC(C)(OCS(=O)(=O)OC)[P+](=O)CCCC[P+](=O)C(C)(CC)OCS(=O)(=O)OC. The van der Waals surface area contributed by atoms with Gasteiger partial charge >= 0.3 is 15.6 Å². The Hall–Kier alpha value is -0.0600. The topological polar surface area (TPSA) is 139 Å². The van der Waals surface area contributed by atoms with Crippen LogP contribution in [-0.4, -0.2) is 65.9 Å². The smallest absolute Gasteiger partial charge is 0.314 e. The molecule has 0 N–H and O–H groups in total. The molecule has 0 aromatic heterocycles. The second-order valence-corrected chi connectivity index (χ2v) is 14.6. The molecule has 0 spiro atoms. The van der Waals surface area contributed by atoms with Gasteiger partial charge in [-0.2, -0.15) is 16.8 Å². The molecule has 4 atom stereocenters. The summed E-state index contributed by atoms with van der Waals surface area (Å²) in [6, 6.07) is 0. The summed E-state index contributed by atoms with van der Waals surface area (Å²) in [6.07, 6.45) is 2.23. The summed E-state index contributed by atoms with van der Waals surface area (Å²) in [5.41, 5.74) is 0. The van der Waals surface area contributed by atoms with Crippen LogP contribution in [0.5, 0.6) is 0 Å². The first-order valence-corrected chi connectivity index (χ1v) is 15.5. The van der Waals surface area contributed by atoms with Crippen molar-refractivity contribution in [1.82, 2.24) is 0 Å². The molecule has 0 aliphatic rings. The van der Waals surface area contributed by atoms with Crippen molar-refractivity contribution in [2.45, 2.75) is 64.1 Å². The zero-order valence-electron chi connectivity index (χ0n) is 18.5. The van der Waals surface area contributed by atoms with Gasteiger partial charge in [0.1, 0.15) is 12.3 Å². The predicted octanol–water partition coefficient (Wildman–Crippen LogP) is 3.57. The highest BCUT2D eigenvalue weighted by molar-refractivity contribution is 7.86. The van der Waals surface area contributed by atoms with E-state index in [0.717, 1.165) is 14.2 Å². The van der Waals surface area contributed by atoms with Gasteiger partial charge in [0, 0.05) is 26.7 Å². The highest BCUT2D eigenvalue weighted by Crippen LogP contribution is 2.45. The Labute approximate surface area is 182 Å². The number of hydrogen-bond acceptors (Lipinski definition) is 10. The number of unbranched alkanes of at least 4 members (excludes halogenated alkanes) is 1. The molecule has 0 saturated carbocycles. The third-order valence-corrected chi connectivity index (χ3v) is 11.2. The van der Waals surface area contributed by atoms with Crippen LogP contribution in [0, 0.1) is 0 Å². The van der Waals surface area contributed by atoms with Gasteiger partial charge in [0.15, 0.2) is 11.9 Å². The van der Waals surface area contributed by atoms with Crippen LogP contribution >= 0.6 is 15.6 Å². The van der Waals surface area contributed by atoms with Crippen LogP contribution in [0.2, 0.25) is 0 Å². The average molecular weight is 513 g/mol. The van der Waals surface area contributed by atoms with Crippen molar-refractivity contribution in [1.29, 1.82) is 0 Å². The van der Waals surface area contributed by atoms with E-state index in [1.54, 1.807) is 27.7 Å². The van der Waals surface area contributed by atoms with Crippen molar-refractivity contribution >= 4 is 35.8 Å². The summed E-state index contributed by atoms with van der Waals surface area (Å²) >= 11 is 0. The summed E-state index contributed by atoms with van der Waals surface area (Å²) < 4.78 is 90.5. The van der Waals surface area contributed by atoms with Crippen molar-refractivity contribution in [2.75, 3.05) is 38.4 Å². The van der Waals surface area contributed by atoms with E-state index in [1.807, 2.05) is 0 Å². The summed E-state index contributed by atoms with van der Waals surface area (Å²) in [5, 5.41) is -2.22. The lowest BCUT2D eigenvalue weighted by Crippen LogP contribution is -2.28.